The molecule has 1 N–H and O–H groups in total. The normalized spacial score (nSPS) is 19.1. The molecule has 0 atom stereocenters. The molecule has 1 aliphatic heterocycles. The lowest BCUT2D eigenvalue weighted by molar-refractivity contribution is 0.00102. The maximum absolute atomic E-state index is 6.21. The number of nitrogens with zero attached hydrogens (tertiary/aromatic N) is 3. The molecule has 1 saturated heterocycles. The molecule has 6 nitrogen and oxygen atoms in total. The van der Waals surface area contributed by atoms with E-state index in [0.717, 1.165) is 75.4 Å². The van der Waals surface area contributed by atoms with Gasteiger partial charge in [-0.2, -0.15) is 0 Å². The molecule has 2 aliphatic rings. The number of rotatable bonds is 7. The third-order valence-corrected chi connectivity index (χ3v) is 5.92. The highest BCUT2D eigenvalue weighted by Crippen LogP contribution is 2.26. The lowest BCUT2D eigenvalue weighted by atomic mass is 10.1. The number of aromatic nitrogens is 1. The molecule has 1 aliphatic carbocycles. The van der Waals surface area contributed by atoms with E-state index in [1.54, 1.807) is 0 Å². The van der Waals surface area contributed by atoms with Crippen LogP contribution in [0.3, 0.4) is 0 Å². The fourth-order valence-corrected chi connectivity index (χ4v) is 4.24. The Morgan fingerprint density at radius 2 is 1.93 bits per heavy atom. The van der Waals surface area contributed by atoms with Gasteiger partial charge in [0.1, 0.15) is 5.76 Å². The second-order valence-corrected chi connectivity index (χ2v) is 7.96. The van der Waals surface area contributed by atoms with Crippen LogP contribution in [0.5, 0.6) is 0 Å². The second-order valence-electron chi connectivity index (χ2n) is 7.96. The largest absolute Gasteiger partial charge is 0.378 e. The summed E-state index contributed by atoms with van der Waals surface area (Å²) in [4.78, 5) is 7.23. The number of hydrogen-bond donors (Lipinski definition) is 1. The number of aryl methyl sites for hydroxylation is 2. The third-order valence-electron chi connectivity index (χ3n) is 5.92. The van der Waals surface area contributed by atoms with E-state index in [4.69, 9.17) is 14.3 Å². The van der Waals surface area contributed by atoms with E-state index in [9.17, 15) is 0 Å². The molecule has 0 aromatic carbocycles. The molecule has 0 unspecified atom stereocenters. The molecule has 0 spiro atoms. The summed E-state index contributed by atoms with van der Waals surface area (Å²) in [5.41, 5.74) is 2.17. The van der Waals surface area contributed by atoms with Crippen LogP contribution in [0, 0.1) is 19.8 Å². The van der Waals surface area contributed by atoms with Crippen LogP contribution in [0.1, 0.15) is 62.5 Å². The van der Waals surface area contributed by atoms with Gasteiger partial charge in [0.15, 0.2) is 5.96 Å². The van der Waals surface area contributed by atoms with E-state index in [1.165, 1.54) is 31.2 Å². The average Bonchev–Trinajstić information content (AvgIpc) is 3.31. The van der Waals surface area contributed by atoms with E-state index >= 15 is 0 Å². The first kappa shape index (κ1) is 23.4. The molecule has 0 amide bonds. The second kappa shape index (κ2) is 12.0. The Hall–Kier alpha value is -0.830. The van der Waals surface area contributed by atoms with Crippen LogP contribution < -0.4 is 5.32 Å². The van der Waals surface area contributed by atoms with Crippen LogP contribution in [0.2, 0.25) is 0 Å². The Balaban J connectivity index is 0.00000280. The Bertz CT molecular complexity index is 586. The van der Waals surface area contributed by atoms with Crippen LogP contribution in [0.15, 0.2) is 9.52 Å². The van der Waals surface area contributed by atoms with Crippen LogP contribution in [-0.4, -0.2) is 54.9 Å². The summed E-state index contributed by atoms with van der Waals surface area (Å²) in [5.74, 6) is 2.75. The summed E-state index contributed by atoms with van der Waals surface area (Å²) < 4.78 is 11.5. The maximum Gasteiger partial charge on any atom is 0.193 e. The van der Waals surface area contributed by atoms with Crippen molar-refractivity contribution in [3.63, 3.8) is 0 Å². The summed E-state index contributed by atoms with van der Waals surface area (Å²) in [6.07, 6.45) is 9.00. The van der Waals surface area contributed by atoms with Gasteiger partial charge in [0.2, 0.25) is 0 Å². The minimum Gasteiger partial charge on any atom is -0.378 e. The van der Waals surface area contributed by atoms with E-state index in [0.29, 0.717) is 6.10 Å². The first-order valence-corrected chi connectivity index (χ1v) is 10.7. The number of likely N-dealkylation sites (tertiary alicyclic amines) is 1. The number of piperidine rings is 1. The van der Waals surface area contributed by atoms with Crippen molar-refractivity contribution in [1.82, 2.24) is 15.4 Å². The standard InChI is InChI=1S/C21H36N4O2.HI/c1-4-22-21(23-12-9-20-16(2)24-27-17(20)3)25-13-10-19(11-14-25)26-15-18-7-5-6-8-18;/h18-19H,4-15H2,1-3H3,(H,22,23);1H. The Morgan fingerprint density at radius 3 is 2.54 bits per heavy atom. The van der Waals surface area contributed by atoms with Crippen molar-refractivity contribution in [2.45, 2.75) is 71.8 Å². The van der Waals surface area contributed by atoms with Gasteiger partial charge in [-0.25, -0.2) is 0 Å². The third kappa shape index (κ3) is 6.61. The van der Waals surface area contributed by atoms with Crippen molar-refractivity contribution in [2.75, 3.05) is 32.8 Å². The maximum atomic E-state index is 6.21. The van der Waals surface area contributed by atoms with Gasteiger partial charge in [0, 0.05) is 38.3 Å². The van der Waals surface area contributed by atoms with Gasteiger partial charge >= 0.3 is 0 Å². The molecule has 0 bridgehead atoms. The fourth-order valence-electron chi connectivity index (χ4n) is 4.24. The molecule has 1 aromatic heterocycles. The van der Waals surface area contributed by atoms with Gasteiger partial charge in [0.05, 0.1) is 11.8 Å². The molecule has 2 heterocycles. The van der Waals surface area contributed by atoms with Crippen molar-refractivity contribution < 1.29 is 9.26 Å². The summed E-state index contributed by atoms with van der Waals surface area (Å²) in [6.45, 7) is 10.7. The zero-order valence-electron chi connectivity index (χ0n) is 17.7. The summed E-state index contributed by atoms with van der Waals surface area (Å²) in [7, 11) is 0. The monoisotopic (exact) mass is 504 g/mol. The molecule has 0 radical (unpaired) electrons. The number of nitrogens with one attached hydrogen (secondary N) is 1. The molecule has 3 rings (SSSR count). The van der Waals surface area contributed by atoms with Gasteiger partial charge in [-0.1, -0.05) is 18.0 Å². The van der Waals surface area contributed by atoms with Gasteiger partial charge < -0.3 is 19.5 Å². The van der Waals surface area contributed by atoms with Gasteiger partial charge in [-0.05, 0) is 58.8 Å². The Kier molecular flexibility index (Phi) is 10.0. The molecule has 28 heavy (non-hydrogen) atoms. The highest BCUT2D eigenvalue weighted by atomic mass is 127. The van der Waals surface area contributed by atoms with E-state index in [2.05, 4.69) is 22.3 Å². The highest BCUT2D eigenvalue weighted by Gasteiger charge is 2.24. The van der Waals surface area contributed by atoms with Crippen molar-refractivity contribution in [3.8, 4) is 0 Å². The predicted octanol–water partition coefficient (Wildman–Crippen LogP) is 4.09. The zero-order valence-corrected chi connectivity index (χ0v) is 20.0. The molecule has 2 fully saturated rings. The number of guanidine groups is 1. The van der Waals surface area contributed by atoms with Crippen LogP contribution in [0.25, 0.3) is 0 Å². The topological polar surface area (TPSA) is 62.9 Å². The van der Waals surface area contributed by atoms with Crippen LogP contribution in [0.4, 0.5) is 0 Å². The molecular formula is C21H37IN4O2. The highest BCUT2D eigenvalue weighted by molar-refractivity contribution is 14.0. The van der Waals surface area contributed by atoms with E-state index in [1.807, 2.05) is 13.8 Å². The summed E-state index contributed by atoms with van der Waals surface area (Å²) >= 11 is 0. The van der Waals surface area contributed by atoms with Gasteiger partial charge in [-0.15, -0.1) is 24.0 Å². The minimum atomic E-state index is 0. The predicted molar refractivity (Wildman–Crippen MR) is 124 cm³/mol. The van der Waals surface area contributed by atoms with E-state index < -0.39 is 0 Å². The van der Waals surface area contributed by atoms with Crippen LogP contribution >= 0.6 is 24.0 Å². The Morgan fingerprint density at radius 1 is 1.21 bits per heavy atom. The SMILES string of the molecule is CCNC(=NCCc1c(C)noc1C)N1CCC(OCC2CCCC2)CC1.I. The van der Waals surface area contributed by atoms with Crippen molar-refractivity contribution in [2.24, 2.45) is 10.9 Å². The number of hydrogen-bond acceptors (Lipinski definition) is 4. The van der Waals surface area contributed by atoms with Crippen LogP contribution in [-0.2, 0) is 11.2 Å². The zero-order chi connectivity index (χ0) is 19.1. The van der Waals surface area contributed by atoms with Gasteiger partial charge in [0.25, 0.3) is 0 Å². The summed E-state index contributed by atoms with van der Waals surface area (Å²) in [6, 6.07) is 0. The van der Waals surface area contributed by atoms with E-state index in [-0.39, 0.29) is 24.0 Å². The first-order chi connectivity index (χ1) is 13.2. The number of aliphatic imine (C=N–C) groups is 1. The molecule has 160 valence electrons. The van der Waals surface area contributed by atoms with Crippen molar-refractivity contribution in [3.05, 3.63) is 17.0 Å². The smallest absolute Gasteiger partial charge is 0.193 e. The lowest BCUT2D eigenvalue weighted by Crippen LogP contribution is -2.47. The molecular weight excluding hydrogens is 467 g/mol. The lowest BCUT2D eigenvalue weighted by Gasteiger charge is -2.34. The van der Waals surface area contributed by atoms with Crippen molar-refractivity contribution >= 4 is 29.9 Å². The molecule has 7 heteroatoms. The fraction of sp³-hybridized carbons (Fsp3) is 0.810. The first-order valence-electron chi connectivity index (χ1n) is 10.7. The molecule has 1 aromatic rings. The minimum absolute atomic E-state index is 0. The molecule has 1 saturated carbocycles. The van der Waals surface area contributed by atoms with Crippen molar-refractivity contribution in [1.29, 1.82) is 0 Å². The number of halogens is 1. The Labute approximate surface area is 186 Å². The average molecular weight is 504 g/mol. The number of ether oxygens (including phenoxy) is 1. The quantitative estimate of drug-likeness (QED) is 0.345. The van der Waals surface area contributed by atoms with Gasteiger partial charge in [-0.3, -0.25) is 4.99 Å². The summed E-state index contributed by atoms with van der Waals surface area (Å²) in [5, 5.41) is 7.48.